The lowest BCUT2D eigenvalue weighted by Crippen LogP contribution is -2.18. The lowest BCUT2D eigenvalue weighted by molar-refractivity contribution is 0.0699. The SMILES string of the molecule is Cc1nc2c(C(=O)O)cccc2n1C(CO)CO. The lowest BCUT2D eigenvalue weighted by atomic mass is 10.2. The molecule has 0 saturated carbocycles. The fraction of sp³-hybridized carbons (Fsp3) is 0.333. The van der Waals surface area contributed by atoms with Gasteiger partial charge < -0.3 is 19.9 Å². The number of aliphatic hydroxyl groups is 2. The van der Waals surface area contributed by atoms with Crippen molar-refractivity contribution in [2.45, 2.75) is 13.0 Å². The van der Waals surface area contributed by atoms with Crippen molar-refractivity contribution in [3.63, 3.8) is 0 Å². The van der Waals surface area contributed by atoms with Crippen LogP contribution >= 0.6 is 0 Å². The Morgan fingerprint density at radius 2 is 2.06 bits per heavy atom. The first-order valence-electron chi connectivity index (χ1n) is 5.52. The zero-order chi connectivity index (χ0) is 13.3. The highest BCUT2D eigenvalue weighted by atomic mass is 16.4. The molecule has 0 saturated heterocycles. The van der Waals surface area contributed by atoms with E-state index in [-0.39, 0.29) is 18.8 Å². The first-order valence-corrected chi connectivity index (χ1v) is 5.52. The summed E-state index contributed by atoms with van der Waals surface area (Å²) < 4.78 is 1.65. The molecule has 2 aromatic rings. The molecule has 0 radical (unpaired) electrons. The number of imidazole rings is 1. The summed E-state index contributed by atoms with van der Waals surface area (Å²) in [6, 6.07) is 4.31. The van der Waals surface area contributed by atoms with Gasteiger partial charge >= 0.3 is 5.97 Å². The predicted molar refractivity (Wildman–Crippen MR) is 64.6 cm³/mol. The molecule has 1 aromatic carbocycles. The number of carboxylic acid groups (broad SMARTS) is 1. The van der Waals surface area contributed by atoms with Crippen LogP contribution in [0.1, 0.15) is 22.2 Å². The fourth-order valence-electron chi connectivity index (χ4n) is 2.09. The van der Waals surface area contributed by atoms with Crippen LogP contribution in [0.3, 0.4) is 0 Å². The van der Waals surface area contributed by atoms with Crippen molar-refractivity contribution < 1.29 is 20.1 Å². The van der Waals surface area contributed by atoms with E-state index >= 15 is 0 Å². The minimum absolute atomic E-state index is 0.115. The second-order valence-electron chi connectivity index (χ2n) is 4.03. The number of benzene rings is 1. The summed E-state index contributed by atoms with van der Waals surface area (Å²) in [5.74, 6) is -0.485. The third-order valence-electron chi connectivity index (χ3n) is 2.91. The van der Waals surface area contributed by atoms with Gasteiger partial charge in [0.15, 0.2) is 0 Å². The van der Waals surface area contributed by atoms with E-state index < -0.39 is 12.0 Å². The molecule has 0 fully saturated rings. The summed E-state index contributed by atoms with van der Waals surface area (Å²) >= 11 is 0. The van der Waals surface area contributed by atoms with Gasteiger partial charge in [-0.2, -0.15) is 0 Å². The molecule has 0 aliphatic rings. The van der Waals surface area contributed by atoms with Gasteiger partial charge in [0.05, 0.1) is 30.3 Å². The van der Waals surface area contributed by atoms with Crippen LogP contribution in [0.15, 0.2) is 18.2 Å². The summed E-state index contributed by atoms with van der Waals surface area (Å²) in [7, 11) is 0. The number of aryl methyl sites for hydroxylation is 1. The Labute approximate surface area is 103 Å². The fourth-order valence-corrected chi connectivity index (χ4v) is 2.09. The first kappa shape index (κ1) is 12.5. The average molecular weight is 250 g/mol. The van der Waals surface area contributed by atoms with E-state index in [1.807, 2.05) is 0 Å². The Balaban J connectivity index is 2.73. The number of carbonyl (C=O) groups is 1. The quantitative estimate of drug-likeness (QED) is 0.737. The van der Waals surface area contributed by atoms with Gasteiger partial charge in [0.25, 0.3) is 0 Å². The molecule has 1 aromatic heterocycles. The zero-order valence-corrected chi connectivity index (χ0v) is 9.87. The highest BCUT2D eigenvalue weighted by molar-refractivity contribution is 6.01. The Hall–Kier alpha value is -1.92. The molecule has 0 unspecified atom stereocenters. The maximum atomic E-state index is 11.1. The average Bonchev–Trinajstić information content (AvgIpc) is 2.67. The third-order valence-corrected chi connectivity index (χ3v) is 2.91. The molecule has 6 nitrogen and oxygen atoms in total. The van der Waals surface area contributed by atoms with Crippen molar-refractivity contribution in [2.75, 3.05) is 13.2 Å². The summed E-state index contributed by atoms with van der Waals surface area (Å²) in [6.45, 7) is 1.24. The number of aromatic carboxylic acids is 1. The number of hydrogen-bond donors (Lipinski definition) is 3. The standard InChI is InChI=1S/C12H14N2O4/c1-7-13-11-9(12(17)18)3-2-4-10(11)14(7)8(5-15)6-16/h2-4,8,15-16H,5-6H2,1H3,(H,17,18). The van der Waals surface area contributed by atoms with Gasteiger partial charge in [0, 0.05) is 0 Å². The maximum Gasteiger partial charge on any atom is 0.337 e. The molecule has 3 N–H and O–H groups in total. The first-order chi connectivity index (χ1) is 8.60. The van der Waals surface area contributed by atoms with Crippen molar-refractivity contribution >= 4 is 17.0 Å². The summed E-state index contributed by atoms with van der Waals surface area (Å²) in [4.78, 5) is 15.3. The van der Waals surface area contributed by atoms with Crippen molar-refractivity contribution in [3.05, 3.63) is 29.6 Å². The van der Waals surface area contributed by atoms with Crippen LogP contribution in [0.5, 0.6) is 0 Å². The monoisotopic (exact) mass is 250 g/mol. The summed E-state index contributed by atoms with van der Waals surface area (Å²) in [6.07, 6.45) is 0. The van der Waals surface area contributed by atoms with Crippen LogP contribution in [0.25, 0.3) is 11.0 Å². The number of aromatic nitrogens is 2. The van der Waals surface area contributed by atoms with E-state index in [1.54, 1.807) is 23.6 Å². The summed E-state index contributed by atoms with van der Waals surface area (Å²) in [5.41, 5.74) is 1.08. The number of nitrogens with zero attached hydrogens (tertiary/aromatic N) is 2. The molecule has 0 bridgehead atoms. The van der Waals surface area contributed by atoms with E-state index in [1.165, 1.54) is 6.07 Å². The third kappa shape index (κ3) is 1.85. The molecule has 0 atom stereocenters. The number of para-hydroxylation sites is 1. The topological polar surface area (TPSA) is 95.6 Å². The molecule has 0 aliphatic heterocycles. The normalized spacial score (nSPS) is 11.3. The number of hydrogen-bond acceptors (Lipinski definition) is 4. The Bertz CT molecular complexity index is 587. The van der Waals surface area contributed by atoms with Crippen LogP contribution in [0, 0.1) is 6.92 Å². The van der Waals surface area contributed by atoms with Gasteiger partial charge in [-0.05, 0) is 19.1 Å². The molecule has 0 aliphatic carbocycles. The molecule has 18 heavy (non-hydrogen) atoms. The van der Waals surface area contributed by atoms with E-state index in [4.69, 9.17) is 5.11 Å². The molecular weight excluding hydrogens is 236 g/mol. The molecular formula is C12H14N2O4. The second kappa shape index (κ2) is 4.75. The lowest BCUT2D eigenvalue weighted by Gasteiger charge is -2.15. The molecule has 0 amide bonds. The molecule has 2 rings (SSSR count). The molecule has 6 heteroatoms. The largest absolute Gasteiger partial charge is 0.478 e. The highest BCUT2D eigenvalue weighted by Gasteiger charge is 2.19. The molecule has 1 heterocycles. The van der Waals surface area contributed by atoms with Crippen molar-refractivity contribution in [1.29, 1.82) is 0 Å². The minimum Gasteiger partial charge on any atom is -0.478 e. The molecule has 96 valence electrons. The van der Waals surface area contributed by atoms with Gasteiger partial charge in [-0.3, -0.25) is 0 Å². The summed E-state index contributed by atoms with van der Waals surface area (Å²) in [5, 5.41) is 27.6. The molecule has 0 spiro atoms. The smallest absolute Gasteiger partial charge is 0.337 e. The van der Waals surface area contributed by atoms with E-state index in [2.05, 4.69) is 4.98 Å². The zero-order valence-electron chi connectivity index (χ0n) is 9.87. The highest BCUT2D eigenvalue weighted by Crippen LogP contribution is 2.23. The van der Waals surface area contributed by atoms with E-state index in [0.29, 0.717) is 16.9 Å². The maximum absolute atomic E-state index is 11.1. The van der Waals surface area contributed by atoms with Crippen molar-refractivity contribution in [2.24, 2.45) is 0 Å². The van der Waals surface area contributed by atoms with Crippen LogP contribution in [-0.4, -0.2) is 44.1 Å². The van der Waals surface area contributed by atoms with E-state index in [9.17, 15) is 15.0 Å². The van der Waals surface area contributed by atoms with Crippen molar-refractivity contribution in [3.8, 4) is 0 Å². The van der Waals surface area contributed by atoms with Crippen LogP contribution in [-0.2, 0) is 0 Å². The number of fused-ring (bicyclic) bond motifs is 1. The Morgan fingerprint density at radius 3 is 2.61 bits per heavy atom. The van der Waals surface area contributed by atoms with Gasteiger partial charge in [0.2, 0.25) is 0 Å². The number of rotatable bonds is 4. The van der Waals surface area contributed by atoms with Gasteiger partial charge in [-0.1, -0.05) is 6.07 Å². The van der Waals surface area contributed by atoms with Gasteiger partial charge in [-0.25, -0.2) is 9.78 Å². The van der Waals surface area contributed by atoms with Crippen molar-refractivity contribution in [1.82, 2.24) is 9.55 Å². The number of carboxylic acids is 1. The second-order valence-corrected chi connectivity index (χ2v) is 4.03. The van der Waals surface area contributed by atoms with Gasteiger partial charge in [0.1, 0.15) is 11.3 Å². The van der Waals surface area contributed by atoms with E-state index in [0.717, 1.165) is 0 Å². The predicted octanol–water partition coefficient (Wildman–Crippen LogP) is 0.569. The Kier molecular flexibility index (Phi) is 3.31. The number of aliphatic hydroxyl groups excluding tert-OH is 2. The minimum atomic E-state index is -1.05. The van der Waals surface area contributed by atoms with Gasteiger partial charge in [-0.15, -0.1) is 0 Å². The van der Waals surface area contributed by atoms with Crippen LogP contribution in [0.4, 0.5) is 0 Å². The van der Waals surface area contributed by atoms with Crippen LogP contribution in [0.2, 0.25) is 0 Å². The Morgan fingerprint density at radius 1 is 1.39 bits per heavy atom. The van der Waals surface area contributed by atoms with Crippen LogP contribution < -0.4 is 0 Å².